The number of amides is 1. The molecule has 0 saturated carbocycles. The average Bonchev–Trinajstić information content (AvgIpc) is 3.70. The fourth-order valence-electron chi connectivity index (χ4n) is 5.73. The van der Waals surface area contributed by atoms with Gasteiger partial charge in [0.2, 0.25) is 5.13 Å². The lowest BCUT2D eigenvalue weighted by Crippen LogP contribution is -2.31. The molecular weight excluding hydrogens is 655 g/mol. The predicted molar refractivity (Wildman–Crippen MR) is 196 cm³/mol. The van der Waals surface area contributed by atoms with Gasteiger partial charge in [-0.25, -0.2) is 0 Å². The summed E-state index contributed by atoms with van der Waals surface area (Å²) in [5.41, 5.74) is 2.50. The van der Waals surface area contributed by atoms with Crippen molar-refractivity contribution in [1.82, 2.24) is 10.2 Å². The van der Waals surface area contributed by atoms with Crippen LogP contribution in [0, 0.1) is 0 Å². The van der Waals surface area contributed by atoms with Gasteiger partial charge in [-0.05, 0) is 59.0 Å². The van der Waals surface area contributed by atoms with E-state index in [0.717, 1.165) is 35.8 Å². The molecule has 0 spiro atoms. The molecule has 1 aliphatic heterocycles. The number of thioether (sulfide) groups is 1. The van der Waals surface area contributed by atoms with Crippen LogP contribution in [0.2, 0.25) is 0 Å². The van der Waals surface area contributed by atoms with Gasteiger partial charge >= 0.3 is 0 Å². The highest BCUT2D eigenvalue weighted by atomic mass is 32.2. The summed E-state index contributed by atoms with van der Waals surface area (Å²) in [6.07, 6.45) is 6.09. The number of carbonyl (C=O) groups is 2. The molecule has 5 aromatic rings. The van der Waals surface area contributed by atoms with E-state index < -0.39 is 23.5 Å². The van der Waals surface area contributed by atoms with Gasteiger partial charge in [0.1, 0.15) is 0 Å². The summed E-state index contributed by atoms with van der Waals surface area (Å²) < 4.78 is 12.7. The van der Waals surface area contributed by atoms with Gasteiger partial charge in [-0.1, -0.05) is 128 Å². The zero-order valence-corrected chi connectivity index (χ0v) is 29.0. The Morgan fingerprint density at radius 2 is 1.73 bits per heavy atom. The Kier molecular flexibility index (Phi) is 11.1. The van der Waals surface area contributed by atoms with Crippen molar-refractivity contribution in [3.05, 3.63) is 125 Å². The van der Waals surface area contributed by atoms with Crippen molar-refractivity contribution in [2.75, 3.05) is 18.1 Å². The Balaban J connectivity index is 1.33. The fraction of sp³-hybridized carbons (Fsp3) is 0.231. The highest BCUT2D eigenvalue weighted by molar-refractivity contribution is 8.00. The molecule has 0 fully saturated rings. The molecule has 6 rings (SSSR count). The van der Waals surface area contributed by atoms with Crippen LogP contribution in [0.25, 0.3) is 16.8 Å². The highest BCUT2D eigenvalue weighted by Gasteiger charge is 2.45. The van der Waals surface area contributed by atoms with Crippen LogP contribution in [0.1, 0.15) is 55.8 Å². The summed E-state index contributed by atoms with van der Waals surface area (Å²) in [5.74, 6) is -0.111. The molecule has 4 aromatic carbocycles. The van der Waals surface area contributed by atoms with E-state index in [1.165, 1.54) is 39.5 Å². The molecule has 0 saturated heterocycles. The Morgan fingerprint density at radius 1 is 0.939 bits per heavy atom. The minimum Gasteiger partial charge on any atom is -0.503 e. The van der Waals surface area contributed by atoms with Crippen molar-refractivity contribution in [3.63, 3.8) is 0 Å². The minimum atomic E-state index is -0.974. The van der Waals surface area contributed by atoms with Crippen LogP contribution in [0.3, 0.4) is 0 Å². The highest BCUT2D eigenvalue weighted by Crippen LogP contribution is 2.45. The number of aliphatic hydroxyl groups is 1. The van der Waals surface area contributed by atoms with Crippen molar-refractivity contribution in [2.45, 2.75) is 49.2 Å². The summed E-state index contributed by atoms with van der Waals surface area (Å²) in [6.45, 7) is 4.95. The molecule has 1 aromatic heterocycles. The summed E-state index contributed by atoms with van der Waals surface area (Å²) in [7, 11) is 0. The molecule has 1 amide bonds. The van der Waals surface area contributed by atoms with E-state index in [4.69, 9.17) is 9.47 Å². The standard InChI is InChI=1S/C39H37N3O5S2/c1-3-5-11-23-47-32-22-20-28(24-33(32)46-4-2)35-34(31(43)21-19-26-13-7-6-8-14-26)36(44)37(45)42(35)38-40-41-39(49-38)48-25-29-17-12-16-27-15-9-10-18-30(27)29/h6-10,12-22,24,35,44H,3-5,11,23,25H2,1-2H3. The van der Waals surface area contributed by atoms with E-state index in [1.807, 2.05) is 55.5 Å². The number of hydrogen-bond donors (Lipinski definition) is 1. The number of rotatable bonds is 15. The first-order valence-electron chi connectivity index (χ1n) is 16.3. The molecule has 0 radical (unpaired) electrons. The number of benzene rings is 4. The first kappa shape index (κ1) is 34.0. The molecule has 49 heavy (non-hydrogen) atoms. The molecule has 1 atom stereocenters. The smallest absolute Gasteiger partial charge is 0.296 e. The predicted octanol–water partition coefficient (Wildman–Crippen LogP) is 9.13. The van der Waals surface area contributed by atoms with Gasteiger partial charge in [0.15, 0.2) is 27.4 Å². The van der Waals surface area contributed by atoms with Gasteiger partial charge in [-0.2, -0.15) is 0 Å². The number of fused-ring (bicyclic) bond motifs is 1. The Hall–Kier alpha value is -4.93. The van der Waals surface area contributed by atoms with Crippen LogP contribution >= 0.6 is 23.1 Å². The summed E-state index contributed by atoms with van der Waals surface area (Å²) >= 11 is 2.76. The SMILES string of the molecule is CCCCCOc1ccc(C2C(C(=O)C=Cc3ccccc3)=C(O)C(=O)N2c2nnc(SCc3cccc4ccccc34)s2)cc1OCC. The number of nitrogens with zero attached hydrogens (tertiary/aromatic N) is 3. The van der Waals surface area contributed by atoms with Gasteiger partial charge in [0.25, 0.3) is 5.91 Å². The van der Waals surface area contributed by atoms with E-state index in [0.29, 0.717) is 40.4 Å². The lowest BCUT2D eigenvalue weighted by atomic mass is 9.95. The number of unbranched alkanes of at least 4 members (excludes halogenated alkanes) is 2. The molecule has 1 unspecified atom stereocenters. The normalized spacial score (nSPS) is 14.7. The second-order valence-electron chi connectivity index (χ2n) is 11.4. The van der Waals surface area contributed by atoms with Crippen LogP contribution in [0.15, 0.2) is 113 Å². The third kappa shape index (κ3) is 7.71. The molecular formula is C39H37N3O5S2. The fourth-order valence-corrected chi connectivity index (χ4v) is 7.60. The quantitative estimate of drug-likeness (QED) is 0.0502. The Labute approximate surface area is 294 Å². The first-order chi connectivity index (χ1) is 24.0. The zero-order chi connectivity index (χ0) is 34.2. The molecule has 0 aliphatic carbocycles. The largest absolute Gasteiger partial charge is 0.503 e. The average molecular weight is 692 g/mol. The van der Waals surface area contributed by atoms with Crippen LogP contribution in [0.4, 0.5) is 5.13 Å². The second-order valence-corrected chi connectivity index (χ2v) is 13.6. The van der Waals surface area contributed by atoms with E-state index >= 15 is 0 Å². The van der Waals surface area contributed by atoms with Gasteiger partial charge in [0, 0.05) is 5.75 Å². The first-order valence-corrected chi connectivity index (χ1v) is 18.1. The maximum Gasteiger partial charge on any atom is 0.296 e. The lowest BCUT2D eigenvalue weighted by Gasteiger charge is -2.24. The molecule has 0 bridgehead atoms. The van der Waals surface area contributed by atoms with Gasteiger partial charge in [-0.15, -0.1) is 10.2 Å². The molecule has 8 nitrogen and oxygen atoms in total. The summed E-state index contributed by atoms with van der Waals surface area (Å²) in [4.78, 5) is 29.0. The van der Waals surface area contributed by atoms with Gasteiger partial charge < -0.3 is 14.6 Å². The number of aliphatic hydroxyl groups excluding tert-OH is 1. The number of ketones is 1. The number of ether oxygens (including phenoxy) is 2. The zero-order valence-electron chi connectivity index (χ0n) is 27.4. The van der Waals surface area contributed by atoms with Crippen LogP contribution in [-0.2, 0) is 15.3 Å². The number of anilines is 1. The van der Waals surface area contributed by atoms with E-state index in [1.54, 1.807) is 24.3 Å². The minimum absolute atomic E-state index is 0.0450. The summed E-state index contributed by atoms with van der Waals surface area (Å²) in [5, 5.41) is 22.6. The lowest BCUT2D eigenvalue weighted by molar-refractivity contribution is -0.117. The van der Waals surface area contributed by atoms with E-state index in [2.05, 4.69) is 41.4 Å². The van der Waals surface area contributed by atoms with E-state index in [9.17, 15) is 14.7 Å². The maximum absolute atomic E-state index is 13.8. The summed E-state index contributed by atoms with van der Waals surface area (Å²) in [6, 6.07) is 28.2. The molecule has 1 N–H and O–H groups in total. The molecule has 250 valence electrons. The topological polar surface area (TPSA) is 102 Å². The monoisotopic (exact) mass is 691 g/mol. The second kappa shape index (κ2) is 16.0. The molecule has 2 heterocycles. The number of aromatic nitrogens is 2. The van der Waals surface area contributed by atoms with Crippen molar-refractivity contribution >= 4 is 56.8 Å². The Morgan fingerprint density at radius 3 is 2.55 bits per heavy atom. The third-order valence-electron chi connectivity index (χ3n) is 8.12. The van der Waals surface area contributed by atoms with Crippen molar-refractivity contribution in [3.8, 4) is 11.5 Å². The molecule has 10 heteroatoms. The van der Waals surface area contributed by atoms with Crippen LogP contribution in [0.5, 0.6) is 11.5 Å². The van der Waals surface area contributed by atoms with Crippen LogP contribution in [-0.4, -0.2) is 40.2 Å². The number of carbonyl (C=O) groups excluding carboxylic acids is 2. The van der Waals surface area contributed by atoms with Crippen LogP contribution < -0.4 is 14.4 Å². The maximum atomic E-state index is 13.8. The number of hydrogen-bond acceptors (Lipinski definition) is 9. The van der Waals surface area contributed by atoms with Crippen molar-refractivity contribution < 1.29 is 24.2 Å². The number of allylic oxidation sites excluding steroid dienone is 1. The van der Waals surface area contributed by atoms with Gasteiger partial charge in [-0.3, -0.25) is 14.5 Å². The third-order valence-corrected chi connectivity index (χ3v) is 10.2. The Bertz CT molecular complexity index is 2000. The molecule has 1 aliphatic rings. The van der Waals surface area contributed by atoms with Crippen molar-refractivity contribution in [2.24, 2.45) is 0 Å². The van der Waals surface area contributed by atoms with Gasteiger partial charge in [0.05, 0.1) is 24.8 Å². The van der Waals surface area contributed by atoms with E-state index in [-0.39, 0.29) is 10.7 Å². The van der Waals surface area contributed by atoms with Crippen molar-refractivity contribution in [1.29, 1.82) is 0 Å².